The van der Waals surface area contributed by atoms with E-state index >= 15 is 0 Å². The molecule has 2 rings (SSSR count). The van der Waals surface area contributed by atoms with Crippen molar-refractivity contribution in [3.8, 4) is 0 Å². The van der Waals surface area contributed by atoms with E-state index in [0.29, 0.717) is 11.6 Å². The number of nitrogens with zero attached hydrogens (tertiary/aromatic N) is 1. The number of amidine groups is 1. The largest absolute Gasteiger partial charge is 0.335 e. The first-order valence-corrected chi connectivity index (χ1v) is 6.47. The van der Waals surface area contributed by atoms with Gasteiger partial charge in [0.15, 0.2) is 16.8 Å². The zero-order valence-electron chi connectivity index (χ0n) is 9.71. The van der Waals surface area contributed by atoms with Crippen LogP contribution >= 0.6 is 11.8 Å². The lowest BCUT2D eigenvalue weighted by molar-refractivity contribution is 0.509. The van der Waals surface area contributed by atoms with Gasteiger partial charge in [0.1, 0.15) is 0 Å². The summed E-state index contributed by atoms with van der Waals surface area (Å²) in [4.78, 5) is 4.46. The highest BCUT2D eigenvalue weighted by atomic mass is 32.2. The normalized spacial score (nSPS) is 24.4. The summed E-state index contributed by atoms with van der Waals surface area (Å²) in [7, 11) is 0. The van der Waals surface area contributed by atoms with Crippen LogP contribution in [0.2, 0.25) is 0 Å². The molecule has 17 heavy (non-hydrogen) atoms. The highest BCUT2D eigenvalue weighted by Crippen LogP contribution is 2.24. The van der Waals surface area contributed by atoms with Crippen LogP contribution < -0.4 is 5.32 Å². The summed E-state index contributed by atoms with van der Waals surface area (Å²) in [6.45, 7) is 4.20. The summed E-state index contributed by atoms with van der Waals surface area (Å²) < 4.78 is 25.8. The standard InChI is InChI=1S/C12H14F2N2S/c1-7-6-17-12(15-8(7)2)16-9-3-4-10(13)11(14)5-9/h3-5,7-8H,6H2,1-2H3,(H,15,16). The lowest BCUT2D eigenvalue weighted by Crippen LogP contribution is -2.25. The van der Waals surface area contributed by atoms with E-state index in [9.17, 15) is 8.78 Å². The molecule has 1 aromatic rings. The monoisotopic (exact) mass is 256 g/mol. The van der Waals surface area contributed by atoms with Gasteiger partial charge in [0, 0.05) is 17.5 Å². The second-order valence-corrected chi connectivity index (χ2v) is 5.23. The molecule has 2 atom stereocenters. The summed E-state index contributed by atoms with van der Waals surface area (Å²) in [5.74, 6) is -0.166. The number of halogens is 2. The van der Waals surface area contributed by atoms with Crippen LogP contribution in [0.5, 0.6) is 0 Å². The molecule has 0 saturated heterocycles. The number of nitrogens with one attached hydrogen (secondary N) is 1. The number of thioether (sulfide) groups is 1. The summed E-state index contributed by atoms with van der Waals surface area (Å²) >= 11 is 1.60. The maximum atomic E-state index is 13.0. The number of aliphatic imine (C=N–C) groups is 1. The summed E-state index contributed by atoms with van der Waals surface area (Å²) in [6.07, 6.45) is 0. The fraction of sp³-hybridized carbons (Fsp3) is 0.417. The van der Waals surface area contributed by atoms with Crippen LogP contribution in [0.15, 0.2) is 23.2 Å². The smallest absolute Gasteiger partial charge is 0.161 e. The first kappa shape index (κ1) is 12.4. The predicted octanol–water partition coefficient (Wildman–Crippen LogP) is 3.50. The van der Waals surface area contributed by atoms with Gasteiger partial charge in [-0.05, 0) is 25.0 Å². The second kappa shape index (κ2) is 5.04. The summed E-state index contributed by atoms with van der Waals surface area (Å²) in [6, 6.07) is 4.01. The van der Waals surface area contributed by atoms with Crippen molar-refractivity contribution in [3.05, 3.63) is 29.8 Å². The lowest BCUT2D eigenvalue weighted by atomic mass is 10.1. The molecule has 0 spiro atoms. The second-order valence-electron chi connectivity index (χ2n) is 4.22. The molecule has 2 nitrogen and oxygen atoms in total. The molecule has 92 valence electrons. The number of anilines is 1. The minimum absolute atomic E-state index is 0.254. The minimum atomic E-state index is -0.849. The number of rotatable bonds is 1. The molecule has 1 aliphatic heterocycles. The Balaban J connectivity index is 2.11. The van der Waals surface area contributed by atoms with Crippen molar-refractivity contribution in [3.63, 3.8) is 0 Å². The fourth-order valence-electron chi connectivity index (χ4n) is 1.46. The maximum Gasteiger partial charge on any atom is 0.161 e. The van der Waals surface area contributed by atoms with Crippen LogP contribution in [-0.4, -0.2) is 17.0 Å². The van der Waals surface area contributed by atoms with Gasteiger partial charge in [0.2, 0.25) is 0 Å². The molecule has 0 saturated carbocycles. The topological polar surface area (TPSA) is 24.4 Å². The molecule has 0 aliphatic carbocycles. The molecular formula is C12H14F2N2S. The molecule has 1 N–H and O–H groups in total. The first-order chi connectivity index (χ1) is 8.06. The predicted molar refractivity (Wildman–Crippen MR) is 68.5 cm³/mol. The van der Waals surface area contributed by atoms with Crippen LogP contribution in [0.3, 0.4) is 0 Å². The molecule has 1 aromatic carbocycles. The molecule has 0 aromatic heterocycles. The van der Waals surface area contributed by atoms with Crippen LogP contribution in [0.25, 0.3) is 0 Å². The third-order valence-electron chi connectivity index (χ3n) is 2.80. The minimum Gasteiger partial charge on any atom is -0.335 e. The molecular weight excluding hydrogens is 242 g/mol. The van der Waals surface area contributed by atoms with E-state index in [4.69, 9.17) is 0 Å². The molecule has 2 unspecified atom stereocenters. The highest BCUT2D eigenvalue weighted by Gasteiger charge is 2.19. The van der Waals surface area contributed by atoms with E-state index in [-0.39, 0.29) is 6.04 Å². The quantitative estimate of drug-likeness (QED) is 0.831. The molecule has 0 fully saturated rings. The third-order valence-corrected chi connectivity index (χ3v) is 3.97. The van der Waals surface area contributed by atoms with Crippen LogP contribution in [0.1, 0.15) is 13.8 Å². The van der Waals surface area contributed by atoms with Crippen molar-refractivity contribution >= 4 is 22.6 Å². The fourth-order valence-corrected chi connectivity index (χ4v) is 2.59. The van der Waals surface area contributed by atoms with Crippen LogP contribution in [0, 0.1) is 17.6 Å². The number of hydrogen-bond acceptors (Lipinski definition) is 3. The zero-order valence-corrected chi connectivity index (χ0v) is 10.5. The van der Waals surface area contributed by atoms with Crippen molar-refractivity contribution in [2.24, 2.45) is 10.9 Å². The first-order valence-electron chi connectivity index (χ1n) is 5.49. The Kier molecular flexibility index (Phi) is 3.66. The lowest BCUT2D eigenvalue weighted by Gasteiger charge is -2.23. The Labute approximate surface area is 104 Å². The van der Waals surface area contributed by atoms with Gasteiger partial charge in [0.05, 0.1) is 6.04 Å². The van der Waals surface area contributed by atoms with Crippen molar-refractivity contribution in [2.75, 3.05) is 11.1 Å². The van der Waals surface area contributed by atoms with Gasteiger partial charge in [-0.1, -0.05) is 18.7 Å². The molecule has 0 bridgehead atoms. The van der Waals surface area contributed by atoms with E-state index in [0.717, 1.165) is 23.1 Å². The summed E-state index contributed by atoms with van der Waals surface area (Å²) in [5.41, 5.74) is 0.525. The van der Waals surface area contributed by atoms with E-state index in [1.807, 2.05) is 0 Å². The van der Waals surface area contributed by atoms with Crippen LogP contribution in [-0.2, 0) is 0 Å². The van der Waals surface area contributed by atoms with Crippen molar-refractivity contribution in [2.45, 2.75) is 19.9 Å². The van der Waals surface area contributed by atoms with Gasteiger partial charge >= 0.3 is 0 Å². The van der Waals surface area contributed by atoms with Crippen molar-refractivity contribution in [1.82, 2.24) is 0 Å². The van der Waals surface area contributed by atoms with Crippen molar-refractivity contribution < 1.29 is 8.78 Å². The average Bonchev–Trinajstić information content (AvgIpc) is 2.29. The average molecular weight is 256 g/mol. The van der Waals surface area contributed by atoms with Gasteiger partial charge < -0.3 is 5.32 Å². The molecule has 1 aliphatic rings. The summed E-state index contributed by atoms with van der Waals surface area (Å²) in [5, 5.41) is 3.77. The number of benzene rings is 1. The van der Waals surface area contributed by atoms with Crippen LogP contribution in [0.4, 0.5) is 14.5 Å². The van der Waals surface area contributed by atoms with Gasteiger partial charge in [-0.3, -0.25) is 4.99 Å². The molecule has 1 heterocycles. The Bertz CT molecular complexity index is 448. The van der Waals surface area contributed by atoms with E-state index in [1.54, 1.807) is 11.8 Å². The zero-order chi connectivity index (χ0) is 12.4. The Hall–Kier alpha value is -1.10. The Morgan fingerprint density at radius 3 is 2.71 bits per heavy atom. The van der Waals surface area contributed by atoms with Gasteiger partial charge in [-0.15, -0.1) is 0 Å². The SMILES string of the molecule is CC1CSC(Nc2ccc(F)c(F)c2)=NC1C. The molecule has 0 amide bonds. The third kappa shape index (κ3) is 2.97. The van der Waals surface area contributed by atoms with Crippen molar-refractivity contribution in [1.29, 1.82) is 0 Å². The maximum absolute atomic E-state index is 13.0. The highest BCUT2D eigenvalue weighted by molar-refractivity contribution is 8.14. The molecule has 5 heteroatoms. The van der Waals surface area contributed by atoms with Gasteiger partial charge in [0.25, 0.3) is 0 Å². The van der Waals surface area contributed by atoms with Gasteiger partial charge in [-0.2, -0.15) is 0 Å². The van der Waals surface area contributed by atoms with E-state index in [2.05, 4.69) is 24.2 Å². The van der Waals surface area contributed by atoms with Gasteiger partial charge in [-0.25, -0.2) is 8.78 Å². The number of hydrogen-bond donors (Lipinski definition) is 1. The van der Waals surface area contributed by atoms with E-state index in [1.165, 1.54) is 6.07 Å². The Morgan fingerprint density at radius 2 is 2.06 bits per heavy atom. The molecule has 0 radical (unpaired) electrons. The Morgan fingerprint density at radius 1 is 1.29 bits per heavy atom. The van der Waals surface area contributed by atoms with E-state index < -0.39 is 11.6 Å².